The highest BCUT2D eigenvalue weighted by atomic mass is 14.5. The molecule has 204 valence electrons. The summed E-state index contributed by atoms with van der Waals surface area (Å²) < 4.78 is 0. The molecule has 0 saturated carbocycles. The smallest absolute Gasteiger partial charge is 0.0314 e. The third kappa shape index (κ3) is 8.23. The zero-order chi connectivity index (χ0) is 27.5. The third-order valence-corrected chi connectivity index (χ3v) is 8.19. The van der Waals surface area contributed by atoms with Crippen LogP contribution < -0.4 is 11.5 Å². The van der Waals surface area contributed by atoms with Crippen LogP contribution in [0.1, 0.15) is 104 Å². The van der Waals surface area contributed by atoms with Crippen LogP contribution >= 0.6 is 0 Å². The van der Waals surface area contributed by atoms with Gasteiger partial charge in [0, 0.05) is 23.2 Å². The molecule has 2 heteroatoms. The molecular weight excluding hydrogens is 472 g/mol. The van der Waals surface area contributed by atoms with E-state index < -0.39 is 0 Å². The van der Waals surface area contributed by atoms with Crippen molar-refractivity contribution < 1.29 is 0 Å². The molecule has 4 N–H and O–H groups in total. The molecule has 0 aliphatic rings. The van der Waals surface area contributed by atoms with E-state index in [9.17, 15) is 0 Å². The first-order valence-electron chi connectivity index (χ1n) is 15.0. The predicted octanol–water partition coefficient (Wildman–Crippen LogP) is 9.67. The van der Waals surface area contributed by atoms with Crippen molar-refractivity contribution in [1.82, 2.24) is 0 Å². The molecule has 0 aromatic heterocycles. The number of unbranched alkanes of at least 4 members (excludes halogenated alkanes) is 4. The quantitative estimate of drug-likeness (QED) is 0.129. The fraction of sp³-hybridized carbons (Fsp3) is 0.351. The molecule has 4 aromatic carbocycles. The van der Waals surface area contributed by atoms with E-state index in [-0.39, 0.29) is 0 Å². The summed E-state index contributed by atoms with van der Waals surface area (Å²) in [5.41, 5.74) is 21.8. The van der Waals surface area contributed by atoms with Crippen LogP contribution in [0.25, 0.3) is 0 Å². The lowest BCUT2D eigenvalue weighted by atomic mass is 9.88. The Balaban J connectivity index is 1.15. The zero-order valence-electron chi connectivity index (χ0n) is 23.9. The second-order valence-electron chi connectivity index (χ2n) is 11.0. The molecule has 4 rings (SSSR count). The van der Waals surface area contributed by atoms with Gasteiger partial charge in [-0.05, 0) is 96.2 Å². The second-order valence-corrected chi connectivity index (χ2v) is 11.0. The summed E-state index contributed by atoms with van der Waals surface area (Å²) in [5.74, 6) is 0.875. The van der Waals surface area contributed by atoms with Gasteiger partial charge >= 0.3 is 0 Å². The Morgan fingerprint density at radius 1 is 0.410 bits per heavy atom. The molecule has 0 heterocycles. The molecule has 2 unspecified atom stereocenters. The van der Waals surface area contributed by atoms with Crippen molar-refractivity contribution in [2.75, 3.05) is 11.5 Å². The van der Waals surface area contributed by atoms with Gasteiger partial charge in [0.05, 0.1) is 0 Å². The molecule has 0 bridgehead atoms. The van der Waals surface area contributed by atoms with Crippen molar-refractivity contribution in [3.8, 4) is 0 Å². The van der Waals surface area contributed by atoms with E-state index in [1.807, 2.05) is 24.3 Å². The number of aryl methyl sites for hydroxylation is 2. The molecule has 0 aliphatic carbocycles. The Morgan fingerprint density at radius 3 is 1.00 bits per heavy atom. The number of anilines is 2. The normalized spacial score (nSPS) is 12.8. The maximum absolute atomic E-state index is 5.87. The Kier molecular flexibility index (Phi) is 10.7. The Morgan fingerprint density at radius 2 is 0.692 bits per heavy atom. The zero-order valence-corrected chi connectivity index (χ0v) is 23.9. The molecule has 4 aromatic rings. The fourth-order valence-corrected chi connectivity index (χ4v) is 5.81. The molecule has 0 saturated heterocycles. The minimum Gasteiger partial charge on any atom is -0.399 e. The number of nitrogen functional groups attached to an aromatic ring is 2. The van der Waals surface area contributed by atoms with E-state index in [1.165, 1.54) is 78.3 Å². The van der Waals surface area contributed by atoms with E-state index in [2.05, 4.69) is 86.6 Å². The van der Waals surface area contributed by atoms with Crippen LogP contribution in [0.2, 0.25) is 0 Å². The van der Waals surface area contributed by atoms with Gasteiger partial charge in [-0.2, -0.15) is 0 Å². The maximum Gasteiger partial charge on any atom is 0.0314 e. The van der Waals surface area contributed by atoms with Gasteiger partial charge in [-0.25, -0.2) is 0 Å². The molecule has 39 heavy (non-hydrogen) atoms. The molecule has 0 aliphatic heterocycles. The van der Waals surface area contributed by atoms with Crippen molar-refractivity contribution in [1.29, 1.82) is 0 Å². The van der Waals surface area contributed by atoms with E-state index >= 15 is 0 Å². The average Bonchev–Trinajstić information content (AvgIpc) is 2.97. The van der Waals surface area contributed by atoms with Gasteiger partial charge in [0.1, 0.15) is 0 Å². The van der Waals surface area contributed by atoms with E-state index in [1.54, 1.807) is 0 Å². The number of hydrogen-bond acceptors (Lipinski definition) is 2. The first-order chi connectivity index (χ1) is 19.1. The highest BCUT2D eigenvalue weighted by Gasteiger charge is 2.13. The Labute approximate surface area is 236 Å². The highest BCUT2D eigenvalue weighted by Crippen LogP contribution is 2.30. The van der Waals surface area contributed by atoms with Crippen molar-refractivity contribution >= 4 is 11.4 Å². The topological polar surface area (TPSA) is 52.0 Å². The fourth-order valence-electron chi connectivity index (χ4n) is 5.81. The highest BCUT2D eigenvalue weighted by molar-refractivity contribution is 5.44. The van der Waals surface area contributed by atoms with Crippen LogP contribution in [0.15, 0.2) is 97.1 Å². The summed E-state index contributed by atoms with van der Waals surface area (Å²) in [4.78, 5) is 0. The summed E-state index contributed by atoms with van der Waals surface area (Å²) in [7, 11) is 0. The SMILES string of the molecule is CCC(c1ccc(N)cc1)c1ccc(CCCCCCCc2ccc(C(CC)c3ccc(N)cc3)cc2)cc1. The summed E-state index contributed by atoms with van der Waals surface area (Å²) in [6, 6.07) is 35.3. The van der Waals surface area contributed by atoms with E-state index in [0.717, 1.165) is 24.2 Å². The van der Waals surface area contributed by atoms with Crippen LogP contribution in [0.3, 0.4) is 0 Å². The summed E-state index contributed by atoms with van der Waals surface area (Å²) in [6.45, 7) is 4.52. The van der Waals surface area contributed by atoms with Crippen LogP contribution in [0, 0.1) is 0 Å². The number of hydrogen-bond donors (Lipinski definition) is 2. The standard InChI is InChI=1S/C37H46N2/c1-3-36(32-20-24-34(38)25-21-32)30-16-12-28(13-17-30)10-8-6-5-7-9-11-29-14-18-31(19-15-29)37(4-2)33-22-26-35(39)27-23-33/h12-27,36-37H,3-11,38-39H2,1-2H3. The largest absolute Gasteiger partial charge is 0.399 e. The van der Waals surface area contributed by atoms with Gasteiger partial charge in [0.15, 0.2) is 0 Å². The lowest BCUT2D eigenvalue weighted by Crippen LogP contribution is -2.00. The summed E-state index contributed by atoms with van der Waals surface area (Å²) >= 11 is 0. The van der Waals surface area contributed by atoms with Crippen LogP contribution in [-0.4, -0.2) is 0 Å². The monoisotopic (exact) mass is 518 g/mol. The molecule has 0 amide bonds. The lowest BCUT2D eigenvalue weighted by molar-refractivity contribution is 0.613. The molecule has 2 nitrogen and oxygen atoms in total. The van der Waals surface area contributed by atoms with Gasteiger partial charge in [-0.3, -0.25) is 0 Å². The van der Waals surface area contributed by atoms with Gasteiger partial charge in [0.2, 0.25) is 0 Å². The molecule has 0 fully saturated rings. The lowest BCUT2D eigenvalue weighted by Gasteiger charge is -2.17. The Hall–Kier alpha value is -3.52. The minimum absolute atomic E-state index is 0.438. The summed E-state index contributed by atoms with van der Waals surface area (Å²) in [6.07, 6.45) is 11.0. The number of rotatable bonds is 14. The number of benzene rings is 4. The van der Waals surface area contributed by atoms with Crippen molar-refractivity contribution in [3.05, 3.63) is 130 Å². The van der Waals surface area contributed by atoms with Crippen molar-refractivity contribution in [2.24, 2.45) is 0 Å². The predicted molar refractivity (Wildman–Crippen MR) is 169 cm³/mol. The minimum atomic E-state index is 0.438. The average molecular weight is 519 g/mol. The summed E-state index contributed by atoms with van der Waals surface area (Å²) in [5, 5.41) is 0. The van der Waals surface area contributed by atoms with Gasteiger partial charge < -0.3 is 11.5 Å². The van der Waals surface area contributed by atoms with Crippen molar-refractivity contribution in [3.63, 3.8) is 0 Å². The van der Waals surface area contributed by atoms with E-state index in [0.29, 0.717) is 11.8 Å². The molecular formula is C37H46N2. The molecule has 0 spiro atoms. The van der Waals surface area contributed by atoms with Gasteiger partial charge in [-0.15, -0.1) is 0 Å². The first-order valence-corrected chi connectivity index (χ1v) is 15.0. The van der Waals surface area contributed by atoms with Gasteiger partial charge in [0.25, 0.3) is 0 Å². The van der Waals surface area contributed by atoms with Crippen LogP contribution in [0.4, 0.5) is 11.4 Å². The van der Waals surface area contributed by atoms with Crippen LogP contribution in [-0.2, 0) is 12.8 Å². The first kappa shape index (κ1) is 28.5. The van der Waals surface area contributed by atoms with Gasteiger partial charge in [-0.1, -0.05) is 106 Å². The van der Waals surface area contributed by atoms with Crippen molar-refractivity contribution in [2.45, 2.75) is 83.5 Å². The third-order valence-electron chi connectivity index (χ3n) is 8.19. The van der Waals surface area contributed by atoms with E-state index in [4.69, 9.17) is 11.5 Å². The number of nitrogens with two attached hydrogens (primary N) is 2. The second kappa shape index (κ2) is 14.6. The Bertz CT molecular complexity index is 1140. The molecule has 0 radical (unpaired) electrons. The maximum atomic E-state index is 5.87. The molecule has 2 atom stereocenters. The van der Waals surface area contributed by atoms with Crippen LogP contribution in [0.5, 0.6) is 0 Å².